The quantitative estimate of drug-likeness (QED) is 0.818. The van der Waals surface area contributed by atoms with E-state index in [9.17, 15) is 5.26 Å². The molecule has 2 atom stereocenters. The second-order valence-electron chi connectivity index (χ2n) is 4.45. The molecule has 0 amide bonds. The first-order chi connectivity index (χ1) is 8.76. The molecule has 0 aliphatic carbocycles. The van der Waals surface area contributed by atoms with Gasteiger partial charge in [0.15, 0.2) is 0 Å². The predicted octanol–water partition coefficient (Wildman–Crippen LogP) is 1.98. The minimum absolute atomic E-state index is 0.171. The van der Waals surface area contributed by atoms with Crippen LogP contribution in [0, 0.1) is 11.3 Å². The van der Waals surface area contributed by atoms with Gasteiger partial charge in [0.25, 0.3) is 0 Å². The van der Waals surface area contributed by atoms with E-state index in [0.717, 1.165) is 24.4 Å². The maximum Gasteiger partial charge on any atom is 0.127 e. The Morgan fingerprint density at radius 3 is 2.94 bits per heavy atom. The van der Waals surface area contributed by atoms with Crippen molar-refractivity contribution in [2.75, 3.05) is 26.8 Å². The first-order valence-corrected chi connectivity index (χ1v) is 6.14. The molecule has 4 heteroatoms. The Balaban J connectivity index is 2.25. The highest BCUT2D eigenvalue weighted by Gasteiger charge is 2.27. The molecule has 1 heterocycles. The summed E-state index contributed by atoms with van der Waals surface area (Å²) >= 11 is 0. The Kier molecular flexibility index (Phi) is 4.19. The van der Waals surface area contributed by atoms with Crippen molar-refractivity contribution in [1.82, 2.24) is 4.90 Å². The lowest BCUT2D eigenvalue weighted by molar-refractivity contribution is -0.0271. The number of nitriles is 1. The van der Waals surface area contributed by atoms with E-state index in [1.54, 1.807) is 7.11 Å². The number of nitrogens with zero attached hydrogens (tertiary/aromatic N) is 2. The molecule has 1 aliphatic heterocycles. The van der Waals surface area contributed by atoms with Gasteiger partial charge >= 0.3 is 0 Å². The van der Waals surface area contributed by atoms with Crippen LogP contribution < -0.4 is 4.74 Å². The fourth-order valence-electron chi connectivity index (χ4n) is 2.32. The molecule has 1 aromatic carbocycles. The van der Waals surface area contributed by atoms with Gasteiger partial charge in [0, 0.05) is 18.7 Å². The number of morpholine rings is 1. The zero-order valence-electron chi connectivity index (χ0n) is 10.8. The topological polar surface area (TPSA) is 45.5 Å². The summed E-state index contributed by atoms with van der Waals surface area (Å²) in [6, 6.07) is 9.80. The second kappa shape index (κ2) is 5.85. The number of para-hydroxylation sites is 1. The normalized spacial score (nSPS) is 22.2. The molecule has 0 aromatic heterocycles. The molecule has 0 spiro atoms. The fraction of sp³-hybridized carbons (Fsp3) is 0.500. The summed E-state index contributed by atoms with van der Waals surface area (Å²) in [5.41, 5.74) is 0.927. The van der Waals surface area contributed by atoms with Crippen molar-refractivity contribution >= 4 is 0 Å². The van der Waals surface area contributed by atoms with E-state index in [1.807, 2.05) is 31.2 Å². The molecule has 18 heavy (non-hydrogen) atoms. The minimum atomic E-state index is -0.271. The van der Waals surface area contributed by atoms with E-state index in [4.69, 9.17) is 9.47 Å². The molecule has 96 valence electrons. The third-order valence-electron chi connectivity index (χ3n) is 3.19. The molecular formula is C14H18N2O2. The highest BCUT2D eigenvalue weighted by Crippen LogP contribution is 2.29. The zero-order chi connectivity index (χ0) is 13.0. The van der Waals surface area contributed by atoms with Crippen molar-refractivity contribution in [2.45, 2.75) is 19.1 Å². The number of hydrogen-bond donors (Lipinski definition) is 0. The monoisotopic (exact) mass is 246 g/mol. The van der Waals surface area contributed by atoms with Gasteiger partial charge in [0.2, 0.25) is 0 Å². The van der Waals surface area contributed by atoms with Crippen LogP contribution in [0.2, 0.25) is 0 Å². The van der Waals surface area contributed by atoms with Crippen molar-refractivity contribution in [3.8, 4) is 11.8 Å². The standard InChI is InChI=1S/C14H18N2O2/c1-11-10-16(7-8-18-11)13(9-15)12-5-3-4-6-14(12)17-2/h3-6,11,13H,7-8,10H2,1-2H3/t11-,13+/m0/s1. The Morgan fingerprint density at radius 2 is 2.28 bits per heavy atom. The Labute approximate surface area is 108 Å². The van der Waals surface area contributed by atoms with Gasteiger partial charge < -0.3 is 9.47 Å². The molecule has 1 aromatic rings. The maximum absolute atomic E-state index is 9.45. The lowest BCUT2D eigenvalue weighted by Crippen LogP contribution is -2.42. The summed E-state index contributed by atoms with van der Waals surface area (Å²) < 4.78 is 10.8. The maximum atomic E-state index is 9.45. The van der Waals surface area contributed by atoms with Crippen molar-refractivity contribution in [1.29, 1.82) is 5.26 Å². The summed E-state index contributed by atoms with van der Waals surface area (Å²) in [6.07, 6.45) is 0.171. The molecule has 0 N–H and O–H groups in total. The van der Waals surface area contributed by atoms with E-state index in [-0.39, 0.29) is 12.1 Å². The lowest BCUT2D eigenvalue weighted by Gasteiger charge is -2.34. The Morgan fingerprint density at radius 1 is 1.50 bits per heavy atom. The van der Waals surface area contributed by atoms with Crippen LogP contribution in [0.5, 0.6) is 5.75 Å². The fourth-order valence-corrected chi connectivity index (χ4v) is 2.32. The van der Waals surface area contributed by atoms with Crippen LogP contribution in [0.3, 0.4) is 0 Å². The first-order valence-electron chi connectivity index (χ1n) is 6.14. The minimum Gasteiger partial charge on any atom is -0.496 e. The van der Waals surface area contributed by atoms with Crippen LogP contribution in [0.4, 0.5) is 0 Å². The molecular weight excluding hydrogens is 228 g/mol. The van der Waals surface area contributed by atoms with Crippen LogP contribution >= 0.6 is 0 Å². The van der Waals surface area contributed by atoms with Crippen molar-refractivity contribution in [2.24, 2.45) is 0 Å². The largest absolute Gasteiger partial charge is 0.496 e. The Bertz CT molecular complexity index is 442. The number of benzene rings is 1. The van der Waals surface area contributed by atoms with Gasteiger partial charge in [-0.25, -0.2) is 0 Å². The van der Waals surface area contributed by atoms with Gasteiger partial charge in [-0.1, -0.05) is 18.2 Å². The summed E-state index contributed by atoms with van der Waals surface area (Å²) in [5.74, 6) is 0.767. The molecule has 1 saturated heterocycles. The van der Waals surface area contributed by atoms with E-state index in [2.05, 4.69) is 11.0 Å². The second-order valence-corrected chi connectivity index (χ2v) is 4.45. The van der Waals surface area contributed by atoms with Crippen molar-refractivity contribution in [3.63, 3.8) is 0 Å². The highest BCUT2D eigenvalue weighted by molar-refractivity contribution is 5.38. The number of rotatable bonds is 3. The third kappa shape index (κ3) is 2.63. The zero-order valence-corrected chi connectivity index (χ0v) is 10.8. The SMILES string of the molecule is COc1ccccc1[C@@H](C#N)N1CCO[C@@H](C)C1. The average molecular weight is 246 g/mol. The van der Waals surface area contributed by atoms with Gasteiger partial charge in [-0.15, -0.1) is 0 Å². The number of hydrogen-bond acceptors (Lipinski definition) is 4. The third-order valence-corrected chi connectivity index (χ3v) is 3.19. The molecule has 1 fully saturated rings. The lowest BCUT2D eigenvalue weighted by atomic mass is 10.0. The van der Waals surface area contributed by atoms with Gasteiger partial charge in [-0.05, 0) is 13.0 Å². The Hall–Kier alpha value is -1.57. The molecule has 1 aliphatic rings. The van der Waals surface area contributed by atoms with Crippen LogP contribution in [0.1, 0.15) is 18.5 Å². The summed E-state index contributed by atoms with van der Waals surface area (Å²) in [4.78, 5) is 2.14. The molecule has 4 nitrogen and oxygen atoms in total. The van der Waals surface area contributed by atoms with Gasteiger partial charge in [-0.3, -0.25) is 4.90 Å². The van der Waals surface area contributed by atoms with Crippen LogP contribution in [-0.2, 0) is 4.74 Å². The van der Waals surface area contributed by atoms with E-state index >= 15 is 0 Å². The predicted molar refractivity (Wildman–Crippen MR) is 68.3 cm³/mol. The van der Waals surface area contributed by atoms with Crippen LogP contribution in [0.25, 0.3) is 0 Å². The van der Waals surface area contributed by atoms with Crippen LogP contribution in [0.15, 0.2) is 24.3 Å². The molecule has 2 rings (SSSR count). The van der Waals surface area contributed by atoms with E-state index < -0.39 is 0 Å². The summed E-state index contributed by atoms with van der Waals surface area (Å²) in [5, 5.41) is 9.45. The van der Waals surface area contributed by atoms with Gasteiger partial charge in [0.1, 0.15) is 11.8 Å². The average Bonchev–Trinajstić information content (AvgIpc) is 2.40. The van der Waals surface area contributed by atoms with Gasteiger partial charge in [-0.2, -0.15) is 5.26 Å². The molecule has 0 saturated carbocycles. The number of ether oxygens (including phenoxy) is 2. The van der Waals surface area contributed by atoms with Crippen LogP contribution in [-0.4, -0.2) is 37.8 Å². The molecule has 0 bridgehead atoms. The van der Waals surface area contributed by atoms with E-state index in [0.29, 0.717) is 6.61 Å². The summed E-state index contributed by atoms with van der Waals surface area (Å²) in [6.45, 7) is 4.26. The number of methoxy groups -OCH3 is 1. The smallest absolute Gasteiger partial charge is 0.127 e. The van der Waals surface area contributed by atoms with Gasteiger partial charge in [0.05, 0.1) is 25.9 Å². The first kappa shape index (κ1) is 12.9. The van der Waals surface area contributed by atoms with E-state index in [1.165, 1.54) is 0 Å². The van der Waals surface area contributed by atoms with Crippen molar-refractivity contribution < 1.29 is 9.47 Å². The van der Waals surface area contributed by atoms with Crippen molar-refractivity contribution in [3.05, 3.63) is 29.8 Å². The summed E-state index contributed by atoms with van der Waals surface area (Å²) in [7, 11) is 1.63. The highest BCUT2D eigenvalue weighted by atomic mass is 16.5. The molecule has 0 radical (unpaired) electrons. The molecule has 0 unspecified atom stereocenters.